The summed E-state index contributed by atoms with van der Waals surface area (Å²) in [4.78, 5) is 23.9. The van der Waals surface area contributed by atoms with Gasteiger partial charge in [-0.15, -0.1) is 0 Å². The fraction of sp³-hybridized carbons (Fsp3) is 0.500. The van der Waals surface area contributed by atoms with Gasteiger partial charge in [0.1, 0.15) is 0 Å². The largest absolute Gasteiger partial charge is 0.451 e. The van der Waals surface area contributed by atoms with E-state index in [1.54, 1.807) is 13.8 Å². The molecule has 1 aliphatic carbocycles. The molecule has 1 saturated carbocycles. The number of rotatable bonds is 6. The molecule has 0 aliphatic heterocycles. The Kier molecular flexibility index (Phi) is 6.01. The van der Waals surface area contributed by atoms with Gasteiger partial charge in [-0.1, -0.05) is 25.4 Å². The number of hydrogen-bond donors (Lipinski definition) is 0. The summed E-state index contributed by atoms with van der Waals surface area (Å²) >= 11 is 6.02. The van der Waals surface area contributed by atoms with Crippen molar-refractivity contribution in [3.63, 3.8) is 0 Å². The van der Waals surface area contributed by atoms with Crippen molar-refractivity contribution in [3.05, 3.63) is 28.8 Å². The Hall–Kier alpha value is -1.44. The number of sulfonamides is 1. The van der Waals surface area contributed by atoms with Gasteiger partial charge in [0.15, 0.2) is 11.9 Å². The molecule has 6 nitrogen and oxygen atoms in total. The van der Waals surface area contributed by atoms with Gasteiger partial charge in [-0.05, 0) is 31.0 Å². The lowest BCUT2D eigenvalue weighted by Crippen LogP contribution is -2.30. The average molecular weight is 374 g/mol. The Bertz CT molecular complexity index is 743. The van der Waals surface area contributed by atoms with Crippen LogP contribution < -0.4 is 0 Å². The normalized spacial score (nSPS) is 18.2. The molecule has 1 fully saturated rings. The lowest BCUT2D eigenvalue weighted by molar-refractivity contribution is -0.124. The molecular formula is C16H20ClNO5S. The number of halogens is 1. The molecule has 0 saturated heterocycles. The number of hydrogen-bond acceptors (Lipinski definition) is 5. The first kappa shape index (κ1) is 18.9. The fourth-order valence-corrected chi connectivity index (χ4v) is 4.31. The second kappa shape index (κ2) is 7.63. The highest BCUT2D eigenvalue weighted by atomic mass is 35.5. The zero-order valence-corrected chi connectivity index (χ0v) is 15.2. The molecule has 1 aromatic carbocycles. The molecule has 0 unspecified atom stereocenters. The highest BCUT2D eigenvalue weighted by Crippen LogP contribution is 2.25. The van der Waals surface area contributed by atoms with Gasteiger partial charge in [0.25, 0.3) is 0 Å². The molecular weight excluding hydrogens is 354 g/mol. The van der Waals surface area contributed by atoms with Gasteiger partial charge in [-0.2, -0.15) is 4.31 Å². The predicted molar refractivity (Wildman–Crippen MR) is 89.6 cm³/mol. The molecule has 1 atom stereocenters. The van der Waals surface area contributed by atoms with Crippen molar-refractivity contribution in [3.8, 4) is 0 Å². The highest BCUT2D eigenvalue weighted by Gasteiger charge is 2.30. The molecule has 2 rings (SSSR count). The molecule has 0 heterocycles. The van der Waals surface area contributed by atoms with Gasteiger partial charge >= 0.3 is 5.97 Å². The van der Waals surface area contributed by atoms with Crippen molar-refractivity contribution < 1.29 is 22.7 Å². The van der Waals surface area contributed by atoms with Crippen LogP contribution in [0, 0.1) is 0 Å². The number of carbonyl (C=O) groups excluding carboxylic acids is 2. The Morgan fingerprint density at radius 2 is 2.00 bits per heavy atom. The van der Waals surface area contributed by atoms with Crippen LogP contribution in [0.3, 0.4) is 0 Å². The predicted octanol–water partition coefficient (Wildman–Crippen LogP) is 2.65. The second-order valence-corrected chi connectivity index (χ2v) is 7.83. The zero-order chi connectivity index (χ0) is 17.9. The van der Waals surface area contributed by atoms with E-state index in [9.17, 15) is 18.0 Å². The number of benzene rings is 1. The number of ketones is 1. The molecule has 132 valence electrons. The van der Waals surface area contributed by atoms with Crippen LogP contribution in [0.2, 0.25) is 5.02 Å². The summed E-state index contributed by atoms with van der Waals surface area (Å²) in [6, 6.07) is 3.91. The lowest BCUT2D eigenvalue weighted by Gasteiger charge is -2.19. The van der Waals surface area contributed by atoms with E-state index in [1.165, 1.54) is 22.5 Å². The van der Waals surface area contributed by atoms with Crippen LogP contribution in [0.15, 0.2) is 23.1 Å². The highest BCUT2D eigenvalue weighted by molar-refractivity contribution is 7.89. The van der Waals surface area contributed by atoms with E-state index in [0.717, 1.165) is 0 Å². The minimum atomic E-state index is -3.71. The van der Waals surface area contributed by atoms with E-state index < -0.39 is 22.1 Å². The minimum absolute atomic E-state index is 0.0275. The van der Waals surface area contributed by atoms with Gasteiger partial charge in [0.05, 0.1) is 15.5 Å². The zero-order valence-electron chi connectivity index (χ0n) is 13.6. The van der Waals surface area contributed by atoms with E-state index in [1.807, 2.05) is 0 Å². The summed E-state index contributed by atoms with van der Waals surface area (Å²) in [5.74, 6) is -0.900. The molecule has 8 heteroatoms. The number of Topliss-reactive ketones (excluding diaryl/α,β-unsaturated/α-hetero) is 1. The van der Waals surface area contributed by atoms with Crippen LogP contribution in [0.1, 0.15) is 43.5 Å². The fourth-order valence-electron chi connectivity index (χ4n) is 2.63. The monoisotopic (exact) mass is 373 g/mol. The Labute approximate surface area is 146 Å². The van der Waals surface area contributed by atoms with Crippen LogP contribution in [0.25, 0.3) is 0 Å². The standard InChI is InChI=1S/C16H20ClNO5S/c1-3-18(4-2)24(21,22)11-8-9-13(17)12(10-11)16(20)23-15-7-5-6-14(15)19/h8-10,15H,3-7H2,1-2H3/t15-/m0/s1. The summed E-state index contributed by atoms with van der Waals surface area (Å²) in [7, 11) is -3.71. The molecule has 1 aromatic rings. The maximum Gasteiger partial charge on any atom is 0.340 e. The lowest BCUT2D eigenvalue weighted by atomic mass is 10.2. The smallest absolute Gasteiger partial charge is 0.340 e. The van der Waals surface area contributed by atoms with E-state index in [2.05, 4.69) is 0 Å². The van der Waals surface area contributed by atoms with Gasteiger partial charge < -0.3 is 4.74 Å². The average Bonchev–Trinajstić information content (AvgIpc) is 2.93. The number of carbonyl (C=O) groups is 2. The van der Waals surface area contributed by atoms with Crippen molar-refractivity contribution >= 4 is 33.4 Å². The minimum Gasteiger partial charge on any atom is -0.451 e. The summed E-state index contributed by atoms with van der Waals surface area (Å²) in [5, 5.41) is 0.0870. The van der Waals surface area contributed by atoms with Gasteiger partial charge in [0, 0.05) is 19.5 Å². The first-order valence-corrected chi connectivity index (χ1v) is 9.66. The number of ether oxygens (including phenoxy) is 1. The molecule has 0 bridgehead atoms. The third-order valence-electron chi connectivity index (χ3n) is 4.00. The van der Waals surface area contributed by atoms with Crippen LogP contribution in [0.5, 0.6) is 0 Å². The third-order valence-corrected chi connectivity index (χ3v) is 6.37. The quantitative estimate of drug-likeness (QED) is 0.716. The molecule has 0 aromatic heterocycles. The van der Waals surface area contributed by atoms with Crippen molar-refractivity contribution in [2.75, 3.05) is 13.1 Å². The summed E-state index contributed by atoms with van der Waals surface area (Å²) in [5.41, 5.74) is -0.0513. The van der Waals surface area contributed by atoms with Crippen LogP contribution in [-0.2, 0) is 19.6 Å². The van der Waals surface area contributed by atoms with Crippen molar-refractivity contribution in [2.45, 2.75) is 44.1 Å². The molecule has 0 N–H and O–H groups in total. The molecule has 0 radical (unpaired) electrons. The first-order valence-electron chi connectivity index (χ1n) is 7.84. The van der Waals surface area contributed by atoms with E-state index in [4.69, 9.17) is 16.3 Å². The number of esters is 1. The van der Waals surface area contributed by atoms with Crippen molar-refractivity contribution in [1.29, 1.82) is 0 Å². The molecule has 1 aliphatic rings. The Balaban J connectivity index is 2.31. The van der Waals surface area contributed by atoms with E-state index in [0.29, 0.717) is 32.4 Å². The van der Waals surface area contributed by atoms with Gasteiger partial charge in [-0.3, -0.25) is 4.79 Å². The van der Waals surface area contributed by atoms with Gasteiger partial charge in [0.2, 0.25) is 10.0 Å². The first-order chi connectivity index (χ1) is 11.3. The van der Waals surface area contributed by atoms with Crippen LogP contribution in [-0.4, -0.2) is 43.7 Å². The van der Waals surface area contributed by atoms with Crippen LogP contribution in [0.4, 0.5) is 0 Å². The van der Waals surface area contributed by atoms with Crippen LogP contribution >= 0.6 is 11.6 Å². The summed E-state index contributed by atoms with van der Waals surface area (Å²) in [6.07, 6.45) is 0.791. The van der Waals surface area contributed by atoms with E-state index >= 15 is 0 Å². The van der Waals surface area contributed by atoms with Gasteiger partial charge in [-0.25, -0.2) is 13.2 Å². The Morgan fingerprint density at radius 1 is 1.33 bits per heavy atom. The topological polar surface area (TPSA) is 80.8 Å². The molecule has 0 spiro atoms. The second-order valence-electron chi connectivity index (χ2n) is 5.48. The maximum absolute atomic E-state index is 12.6. The summed E-state index contributed by atoms with van der Waals surface area (Å²) < 4.78 is 31.6. The third kappa shape index (κ3) is 3.79. The summed E-state index contributed by atoms with van der Waals surface area (Å²) in [6.45, 7) is 4.10. The van der Waals surface area contributed by atoms with Crippen molar-refractivity contribution in [2.24, 2.45) is 0 Å². The molecule has 24 heavy (non-hydrogen) atoms. The number of nitrogens with zero attached hydrogens (tertiary/aromatic N) is 1. The van der Waals surface area contributed by atoms with Crippen molar-refractivity contribution in [1.82, 2.24) is 4.31 Å². The molecule has 0 amide bonds. The maximum atomic E-state index is 12.6. The Morgan fingerprint density at radius 3 is 2.54 bits per heavy atom. The van der Waals surface area contributed by atoms with E-state index in [-0.39, 0.29) is 21.3 Å². The SMILES string of the molecule is CCN(CC)S(=O)(=O)c1ccc(Cl)c(C(=O)O[C@H]2CCCC2=O)c1.